The third kappa shape index (κ3) is 3.05. The normalized spacial score (nSPS) is 20.5. The molecule has 1 aromatic rings. The topological polar surface area (TPSA) is 50.8 Å². The lowest BCUT2D eigenvalue weighted by molar-refractivity contribution is -0.137. The first-order chi connectivity index (χ1) is 11.6. The van der Waals surface area contributed by atoms with Gasteiger partial charge in [0.15, 0.2) is 11.5 Å². The summed E-state index contributed by atoms with van der Waals surface area (Å²) in [7, 11) is 3.08. The zero-order valence-electron chi connectivity index (χ0n) is 14.0. The van der Waals surface area contributed by atoms with E-state index in [9.17, 15) is 4.79 Å². The number of fused-ring (bicyclic) bond motifs is 1. The van der Waals surface area contributed by atoms with Crippen LogP contribution in [-0.2, 0) is 17.8 Å². The van der Waals surface area contributed by atoms with E-state index in [4.69, 9.17) is 32.7 Å². The van der Waals surface area contributed by atoms with Crippen LogP contribution in [0.5, 0.6) is 11.5 Å². The Labute approximate surface area is 152 Å². The van der Waals surface area contributed by atoms with Crippen LogP contribution in [0.4, 0.5) is 0 Å². The van der Waals surface area contributed by atoms with Crippen molar-refractivity contribution in [2.75, 3.05) is 33.9 Å². The zero-order valence-corrected chi connectivity index (χ0v) is 15.5. The van der Waals surface area contributed by atoms with Crippen molar-refractivity contribution in [2.24, 2.45) is 5.92 Å². The number of rotatable bonds is 3. The number of carbonyl (C=O) groups is 1. The Morgan fingerprint density at radius 1 is 1.17 bits per heavy atom. The Hall–Kier alpha value is -1.17. The predicted molar refractivity (Wildman–Crippen MR) is 94.3 cm³/mol. The van der Waals surface area contributed by atoms with Crippen LogP contribution < -0.4 is 14.8 Å². The molecule has 1 aromatic carbocycles. The van der Waals surface area contributed by atoms with Crippen LogP contribution in [0.1, 0.15) is 24.0 Å². The van der Waals surface area contributed by atoms with E-state index < -0.39 is 0 Å². The van der Waals surface area contributed by atoms with Crippen molar-refractivity contribution in [2.45, 2.75) is 25.8 Å². The molecule has 1 unspecified atom stereocenters. The first kappa shape index (κ1) is 17.6. The van der Waals surface area contributed by atoms with Gasteiger partial charge in [-0.3, -0.25) is 4.79 Å². The minimum absolute atomic E-state index is 0.0506. The summed E-state index contributed by atoms with van der Waals surface area (Å²) in [6.45, 7) is 2.85. The van der Waals surface area contributed by atoms with Crippen LogP contribution in [0.3, 0.4) is 0 Å². The fraction of sp³-hybridized carbons (Fsp3) is 0.588. The van der Waals surface area contributed by atoms with Gasteiger partial charge in [0.25, 0.3) is 0 Å². The van der Waals surface area contributed by atoms with E-state index in [0.717, 1.165) is 37.1 Å². The summed E-state index contributed by atoms with van der Waals surface area (Å²) < 4.78 is 10.7. The largest absolute Gasteiger partial charge is 0.491 e. The van der Waals surface area contributed by atoms with Crippen LogP contribution in [0.2, 0.25) is 10.0 Å². The molecule has 2 heterocycles. The van der Waals surface area contributed by atoms with Crippen molar-refractivity contribution in [3.05, 3.63) is 21.2 Å². The van der Waals surface area contributed by atoms with Gasteiger partial charge in [0, 0.05) is 19.6 Å². The highest BCUT2D eigenvalue weighted by Gasteiger charge is 2.32. The molecule has 1 N–H and O–H groups in total. The monoisotopic (exact) mass is 372 g/mol. The summed E-state index contributed by atoms with van der Waals surface area (Å²) in [4.78, 5) is 14.7. The molecule has 7 heteroatoms. The molecule has 0 spiro atoms. The number of ether oxygens (including phenoxy) is 2. The van der Waals surface area contributed by atoms with Gasteiger partial charge in [0.1, 0.15) is 0 Å². The van der Waals surface area contributed by atoms with Gasteiger partial charge in [-0.1, -0.05) is 23.2 Å². The van der Waals surface area contributed by atoms with E-state index in [-0.39, 0.29) is 11.8 Å². The molecule has 24 heavy (non-hydrogen) atoms. The van der Waals surface area contributed by atoms with Crippen molar-refractivity contribution >= 4 is 29.1 Å². The number of methoxy groups -OCH3 is 2. The van der Waals surface area contributed by atoms with E-state index in [1.165, 1.54) is 7.11 Å². The Morgan fingerprint density at radius 3 is 2.42 bits per heavy atom. The van der Waals surface area contributed by atoms with E-state index in [0.29, 0.717) is 41.1 Å². The number of nitrogens with zero attached hydrogens (tertiary/aromatic N) is 1. The Balaban J connectivity index is 1.90. The second-order valence-electron chi connectivity index (χ2n) is 6.20. The molecule has 0 bridgehead atoms. The number of carbonyl (C=O) groups excluding carboxylic acids is 1. The molecule has 3 rings (SSSR count). The number of hydrogen-bond donors (Lipinski definition) is 1. The van der Waals surface area contributed by atoms with Crippen LogP contribution in [0, 0.1) is 5.92 Å². The lowest BCUT2D eigenvalue weighted by atomic mass is 9.94. The maximum absolute atomic E-state index is 12.8. The second kappa shape index (κ2) is 7.38. The second-order valence-corrected chi connectivity index (χ2v) is 6.96. The highest BCUT2D eigenvalue weighted by atomic mass is 35.5. The molecule has 0 radical (unpaired) electrons. The SMILES string of the molecule is COc1c(Cl)c2c(c(Cl)c1OC)CN(C(=O)C1CCCNC1)CC2. The molecular formula is C17H22Cl2N2O3. The smallest absolute Gasteiger partial charge is 0.227 e. The number of halogens is 2. The van der Waals surface area contributed by atoms with Crippen molar-refractivity contribution in [3.63, 3.8) is 0 Å². The molecule has 0 aliphatic carbocycles. The van der Waals surface area contributed by atoms with E-state index >= 15 is 0 Å². The number of amides is 1. The van der Waals surface area contributed by atoms with Crippen molar-refractivity contribution < 1.29 is 14.3 Å². The first-order valence-electron chi connectivity index (χ1n) is 8.18. The van der Waals surface area contributed by atoms with Crippen molar-refractivity contribution in [3.8, 4) is 11.5 Å². The standard InChI is InChI=1S/C17H22Cl2N2O3/c1-23-15-13(18)11-5-7-21(9-12(11)14(19)16(15)24-2)17(22)10-4-3-6-20-8-10/h10,20H,3-9H2,1-2H3. The number of piperidine rings is 1. The molecule has 1 atom stereocenters. The van der Waals surface area contributed by atoms with Gasteiger partial charge in [0.05, 0.1) is 30.2 Å². The average molecular weight is 373 g/mol. The zero-order chi connectivity index (χ0) is 17.3. The Morgan fingerprint density at radius 2 is 1.83 bits per heavy atom. The van der Waals surface area contributed by atoms with Gasteiger partial charge < -0.3 is 19.7 Å². The summed E-state index contributed by atoms with van der Waals surface area (Å²) in [5.41, 5.74) is 1.81. The quantitative estimate of drug-likeness (QED) is 0.885. The Bertz CT molecular complexity index is 645. The van der Waals surface area contributed by atoms with Crippen molar-refractivity contribution in [1.82, 2.24) is 10.2 Å². The third-order valence-electron chi connectivity index (χ3n) is 4.85. The van der Waals surface area contributed by atoms with Gasteiger partial charge in [-0.15, -0.1) is 0 Å². The fourth-order valence-corrected chi connectivity index (χ4v) is 4.26. The average Bonchev–Trinajstić information content (AvgIpc) is 2.64. The van der Waals surface area contributed by atoms with Crippen LogP contribution in [0.25, 0.3) is 0 Å². The molecule has 0 aromatic heterocycles. The molecular weight excluding hydrogens is 351 g/mol. The molecule has 1 fully saturated rings. The molecule has 1 saturated heterocycles. The Kier molecular flexibility index (Phi) is 5.42. The van der Waals surface area contributed by atoms with Crippen LogP contribution in [0.15, 0.2) is 0 Å². The maximum Gasteiger partial charge on any atom is 0.227 e. The van der Waals surface area contributed by atoms with Gasteiger partial charge in [0.2, 0.25) is 5.91 Å². The van der Waals surface area contributed by atoms with Gasteiger partial charge in [-0.2, -0.15) is 0 Å². The fourth-order valence-electron chi connectivity index (χ4n) is 3.55. The van der Waals surface area contributed by atoms with E-state index in [1.807, 2.05) is 4.90 Å². The van der Waals surface area contributed by atoms with Crippen LogP contribution >= 0.6 is 23.2 Å². The highest BCUT2D eigenvalue weighted by molar-refractivity contribution is 6.37. The molecule has 5 nitrogen and oxygen atoms in total. The summed E-state index contributed by atoms with van der Waals surface area (Å²) in [5.74, 6) is 1.13. The molecule has 0 saturated carbocycles. The first-order valence-corrected chi connectivity index (χ1v) is 8.94. The van der Waals surface area contributed by atoms with Crippen LogP contribution in [-0.4, -0.2) is 44.7 Å². The van der Waals surface area contributed by atoms with Gasteiger partial charge >= 0.3 is 0 Å². The van der Waals surface area contributed by atoms with Gasteiger partial charge in [-0.25, -0.2) is 0 Å². The van der Waals surface area contributed by atoms with E-state index in [2.05, 4.69) is 5.32 Å². The van der Waals surface area contributed by atoms with E-state index in [1.54, 1.807) is 7.11 Å². The maximum atomic E-state index is 12.8. The third-order valence-corrected chi connectivity index (χ3v) is 5.65. The number of hydrogen-bond acceptors (Lipinski definition) is 4. The lowest BCUT2D eigenvalue weighted by Gasteiger charge is -2.34. The molecule has 2 aliphatic heterocycles. The summed E-state index contributed by atoms with van der Waals surface area (Å²) in [5, 5.41) is 4.30. The molecule has 2 aliphatic rings. The molecule has 132 valence electrons. The predicted octanol–water partition coefficient (Wildman–Crippen LogP) is 2.89. The lowest BCUT2D eigenvalue weighted by Crippen LogP contribution is -2.45. The minimum atomic E-state index is 0.0506. The summed E-state index contributed by atoms with van der Waals surface area (Å²) in [6.07, 6.45) is 2.65. The minimum Gasteiger partial charge on any atom is -0.491 e. The number of nitrogens with one attached hydrogen (secondary N) is 1. The number of benzene rings is 1. The van der Waals surface area contributed by atoms with Crippen molar-refractivity contribution in [1.29, 1.82) is 0 Å². The molecule has 1 amide bonds. The van der Waals surface area contributed by atoms with Gasteiger partial charge in [-0.05, 0) is 36.9 Å². The summed E-state index contributed by atoms with van der Waals surface area (Å²) in [6, 6.07) is 0. The summed E-state index contributed by atoms with van der Waals surface area (Å²) >= 11 is 13.0. The highest BCUT2D eigenvalue weighted by Crippen LogP contribution is 2.47.